The summed E-state index contributed by atoms with van der Waals surface area (Å²) in [6, 6.07) is 0. The second-order valence-corrected chi connectivity index (χ2v) is 28.5. The highest BCUT2D eigenvalue weighted by molar-refractivity contribution is 5.82. The van der Waals surface area contributed by atoms with Crippen molar-refractivity contribution in [3.63, 3.8) is 0 Å². The van der Waals surface area contributed by atoms with Crippen molar-refractivity contribution in [2.24, 2.45) is 0 Å². The Labute approximate surface area is 583 Å². The van der Waals surface area contributed by atoms with Gasteiger partial charge < -0.3 is 31.9 Å². The number of carbonyl (C=O) groups is 5. The molecule has 6 N–H and O–H groups in total. The smallest absolute Gasteiger partial charge is 0.234 e. The lowest BCUT2D eigenvalue weighted by Gasteiger charge is -2.25. The fraction of sp³-hybridized carbons (Fsp3) is 0.938. The van der Waals surface area contributed by atoms with Gasteiger partial charge in [0.25, 0.3) is 0 Å². The quantitative estimate of drug-likeness (QED) is 0.0325. The summed E-state index contributed by atoms with van der Waals surface area (Å²) < 4.78 is 0. The van der Waals surface area contributed by atoms with Gasteiger partial charge in [0.2, 0.25) is 29.5 Å². The first kappa shape index (κ1) is 91.2. The predicted octanol–water partition coefficient (Wildman–Crippen LogP) is 18.2. The molecule has 0 aliphatic rings. The fourth-order valence-electron chi connectivity index (χ4n) is 12.9. The van der Waals surface area contributed by atoms with Crippen LogP contribution in [0.25, 0.3) is 0 Å². The summed E-state index contributed by atoms with van der Waals surface area (Å²) in [5, 5.41) is 19.5. The molecule has 0 unspecified atom stereocenters. The maximum Gasteiger partial charge on any atom is 0.234 e. The summed E-state index contributed by atoms with van der Waals surface area (Å²) >= 11 is 0. The van der Waals surface area contributed by atoms with Crippen LogP contribution in [0.15, 0.2) is 0 Å². The first-order chi connectivity index (χ1) is 46.2. The zero-order valence-corrected chi connectivity index (χ0v) is 63.4. The highest BCUT2D eigenvalue weighted by Crippen LogP contribution is 2.15. The molecular weight excluding hydrogens is 1170 g/mol. The number of amides is 5. The molecule has 0 fully saturated rings. The van der Waals surface area contributed by atoms with Crippen molar-refractivity contribution < 1.29 is 24.0 Å². The number of hydrogen-bond donors (Lipinski definition) is 6. The topological polar surface area (TPSA) is 167 Å². The van der Waals surface area contributed by atoms with Gasteiger partial charge in [-0.25, -0.2) is 0 Å². The maximum absolute atomic E-state index is 13.5. The molecule has 94 heavy (non-hydrogen) atoms. The van der Waals surface area contributed by atoms with Crippen LogP contribution in [0.5, 0.6) is 0 Å². The second-order valence-electron chi connectivity index (χ2n) is 28.5. The summed E-state index contributed by atoms with van der Waals surface area (Å²) in [4.78, 5) is 73.2. The lowest BCUT2D eigenvalue weighted by atomic mass is 10.1. The summed E-state index contributed by atoms with van der Waals surface area (Å²) in [5.74, 6) is 0.00604. The van der Waals surface area contributed by atoms with Crippen molar-refractivity contribution in [2.75, 3.05) is 105 Å². The first-order valence-electron chi connectivity index (χ1n) is 41.4. The standard InChI is InChI=1S/C80H161N9O5/c1-6-11-16-21-26-31-36-41-46-51-62-82-76(90)71-87(69-59-70-89(74-79(93)85-65-54-49-44-39-34-29-24-19-14-9-4)75-80(94)86-66-55-50-45-40-35-30-25-20-15-10-5)67-57-56-60-81-61-58-68-88(72-77(91)83-63-52-47-42-37-32-27-22-17-12-7-2)73-78(92)84-64-53-48-43-38-33-28-23-18-13-8-3/h81H,6-75H2,1-5H3,(H,82,90)(H,83,91)(H,84,92)(H,85,93)(H,86,94). The number of rotatable bonds is 78. The molecule has 0 heterocycles. The SMILES string of the molecule is CCCCCCCCCCCCNC(=O)CN(CCCCNCCCN(CC(=O)NCCCCCCCCCCCC)CC(=O)NCCCCCCCCCCCC)CCCN(CC(=O)NCCCCCCCCCCCC)CC(=O)NCCCCCCCCCCCC. The van der Waals surface area contributed by atoms with Crippen molar-refractivity contribution >= 4 is 29.5 Å². The molecule has 556 valence electrons. The van der Waals surface area contributed by atoms with E-state index in [2.05, 4.69) is 71.4 Å². The summed E-state index contributed by atoms with van der Waals surface area (Å²) in [6.07, 6.45) is 66.4. The average molecular weight is 1330 g/mol. The number of hydrogen-bond acceptors (Lipinski definition) is 9. The first-order valence-corrected chi connectivity index (χ1v) is 41.4. The van der Waals surface area contributed by atoms with Gasteiger partial charge in [-0.2, -0.15) is 0 Å². The molecule has 0 saturated heterocycles. The van der Waals surface area contributed by atoms with Gasteiger partial charge in [-0.05, 0) is 84.0 Å². The Morgan fingerprint density at radius 1 is 0.181 bits per heavy atom. The van der Waals surface area contributed by atoms with Gasteiger partial charge in [-0.1, -0.05) is 324 Å². The third-order valence-corrected chi connectivity index (χ3v) is 19.0. The van der Waals surface area contributed by atoms with E-state index in [-0.39, 0.29) is 55.7 Å². The lowest BCUT2D eigenvalue weighted by Crippen LogP contribution is -2.44. The van der Waals surface area contributed by atoms with E-state index in [4.69, 9.17) is 0 Å². The highest BCUT2D eigenvalue weighted by atomic mass is 16.2. The molecule has 0 radical (unpaired) electrons. The minimum Gasteiger partial charge on any atom is -0.355 e. The van der Waals surface area contributed by atoms with Crippen LogP contribution >= 0.6 is 0 Å². The van der Waals surface area contributed by atoms with Crippen LogP contribution in [0.1, 0.15) is 381 Å². The number of nitrogens with one attached hydrogen (secondary N) is 6. The van der Waals surface area contributed by atoms with E-state index >= 15 is 0 Å². The Morgan fingerprint density at radius 2 is 0.351 bits per heavy atom. The van der Waals surface area contributed by atoms with Crippen LogP contribution < -0.4 is 31.9 Å². The Hall–Kier alpha value is -2.81. The highest BCUT2D eigenvalue weighted by Gasteiger charge is 2.18. The monoisotopic (exact) mass is 1330 g/mol. The van der Waals surface area contributed by atoms with Crippen LogP contribution in [-0.2, 0) is 24.0 Å². The van der Waals surface area contributed by atoms with Gasteiger partial charge in [0.05, 0.1) is 32.7 Å². The molecule has 0 atom stereocenters. The molecule has 0 aromatic heterocycles. The third kappa shape index (κ3) is 70.5. The zero-order chi connectivity index (χ0) is 68.4. The average Bonchev–Trinajstić information content (AvgIpc) is 2.99. The van der Waals surface area contributed by atoms with E-state index in [0.29, 0.717) is 58.9 Å². The van der Waals surface area contributed by atoms with Gasteiger partial charge in [0.15, 0.2) is 0 Å². The molecule has 0 saturated carbocycles. The molecule has 5 amide bonds. The van der Waals surface area contributed by atoms with E-state index in [1.54, 1.807) is 0 Å². The van der Waals surface area contributed by atoms with Crippen LogP contribution in [0.3, 0.4) is 0 Å². The lowest BCUT2D eigenvalue weighted by molar-refractivity contribution is -0.126. The Balaban J connectivity index is 5.57. The molecular formula is C80H161N9O5. The van der Waals surface area contributed by atoms with E-state index < -0.39 is 0 Å². The number of nitrogens with zero attached hydrogens (tertiary/aromatic N) is 3. The van der Waals surface area contributed by atoms with Crippen LogP contribution in [-0.4, -0.2) is 149 Å². The van der Waals surface area contributed by atoms with E-state index in [0.717, 1.165) is 110 Å². The molecule has 0 spiro atoms. The Kier molecular flexibility index (Phi) is 73.7. The molecule has 0 aromatic carbocycles. The van der Waals surface area contributed by atoms with Crippen molar-refractivity contribution in [3.05, 3.63) is 0 Å². The van der Waals surface area contributed by atoms with Crippen molar-refractivity contribution in [2.45, 2.75) is 381 Å². The van der Waals surface area contributed by atoms with Crippen molar-refractivity contribution in [3.8, 4) is 0 Å². The summed E-state index contributed by atoms with van der Waals surface area (Å²) in [6.45, 7) is 20.3. The zero-order valence-electron chi connectivity index (χ0n) is 63.4. The third-order valence-electron chi connectivity index (χ3n) is 19.0. The van der Waals surface area contributed by atoms with Gasteiger partial charge in [0.1, 0.15) is 0 Å². The summed E-state index contributed by atoms with van der Waals surface area (Å²) in [5.41, 5.74) is 0. The minimum atomic E-state index is -0.0255. The van der Waals surface area contributed by atoms with E-state index in [1.165, 1.54) is 257 Å². The van der Waals surface area contributed by atoms with Gasteiger partial charge >= 0.3 is 0 Å². The van der Waals surface area contributed by atoms with Gasteiger partial charge in [-0.15, -0.1) is 0 Å². The number of carbonyl (C=O) groups excluding carboxylic acids is 5. The Morgan fingerprint density at radius 3 is 0.596 bits per heavy atom. The minimum absolute atomic E-state index is 0.00302. The number of unbranched alkanes of at least 4 members (excludes halogenated alkanes) is 46. The molecule has 0 aliphatic heterocycles. The molecule has 0 aliphatic carbocycles. The van der Waals surface area contributed by atoms with Crippen LogP contribution in [0.4, 0.5) is 0 Å². The molecule has 0 aromatic rings. The fourth-order valence-corrected chi connectivity index (χ4v) is 12.9. The maximum atomic E-state index is 13.5. The summed E-state index contributed by atoms with van der Waals surface area (Å²) in [7, 11) is 0. The van der Waals surface area contributed by atoms with Crippen LogP contribution in [0.2, 0.25) is 0 Å². The van der Waals surface area contributed by atoms with Gasteiger partial charge in [0, 0.05) is 45.8 Å². The van der Waals surface area contributed by atoms with Crippen molar-refractivity contribution in [1.82, 2.24) is 46.6 Å². The molecule has 0 rings (SSSR count). The molecule has 0 bridgehead atoms. The largest absolute Gasteiger partial charge is 0.355 e. The molecule has 14 nitrogen and oxygen atoms in total. The van der Waals surface area contributed by atoms with Gasteiger partial charge in [-0.3, -0.25) is 38.7 Å². The molecule has 14 heteroatoms. The normalized spacial score (nSPS) is 11.6. The van der Waals surface area contributed by atoms with Crippen LogP contribution in [0, 0.1) is 0 Å². The second kappa shape index (κ2) is 76.0. The Bertz CT molecular complexity index is 1540. The predicted molar refractivity (Wildman–Crippen MR) is 405 cm³/mol. The van der Waals surface area contributed by atoms with E-state index in [1.807, 2.05) is 9.80 Å². The van der Waals surface area contributed by atoms with Crippen molar-refractivity contribution in [1.29, 1.82) is 0 Å². The van der Waals surface area contributed by atoms with E-state index in [9.17, 15) is 24.0 Å².